The number of sulfonamides is 1. The SMILES string of the molecule is CC1(C2CCN(C(=O)NC3CCN(S(C)(=O)=O)CC3)CC2)C(O)c2cc(Cl)cc3cnn1c23. The Morgan fingerprint density at radius 2 is 1.85 bits per heavy atom. The summed E-state index contributed by atoms with van der Waals surface area (Å²) in [5.41, 5.74) is 1.17. The van der Waals surface area contributed by atoms with Crippen molar-refractivity contribution in [3.05, 3.63) is 28.9 Å². The molecule has 0 spiro atoms. The van der Waals surface area contributed by atoms with Gasteiger partial charge in [-0.3, -0.25) is 4.68 Å². The van der Waals surface area contributed by atoms with Crippen LogP contribution < -0.4 is 5.32 Å². The van der Waals surface area contributed by atoms with Gasteiger partial charge in [0.2, 0.25) is 10.0 Å². The van der Waals surface area contributed by atoms with E-state index in [9.17, 15) is 18.3 Å². The summed E-state index contributed by atoms with van der Waals surface area (Å²) < 4.78 is 26.8. The number of carbonyl (C=O) groups excluding carboxylic acids is 1. The first-order valence-electron chi connectivity index (χ1n) is 11.5. The van der Waals surface area contributed by atoms with Gasteiger partial charge >= 0.3 is 6.03 Å². The molecule has 2 fully saturated rings. The minimum Gasteiger partial charge on any atom is -0.386 e. The lowest BCUT2D eigenvalue weighted by Gasteiger charge is -2.43. The highest BCUT2D eigenvalue weighted by atomic mass is 35.5. The molecule has 11 heteroatoms. The van der Waals surface area contributed by atoms with Crippen LogP contribution in [0.15, 0.2) is 18.3 Å². The summed E-state index contributed by atoms with van der Waals surface area (Å²) >= 11 is 6.26. The van der Waals surface area contributed by atoms with Crippen LogP contribution in [0.4, 0.5) is 4.79 Å². The molecular formula is C22H30ClN5O4S. The van der Waals surface area contributed by atoms with E-state index in [1.807, 2.05) is 28.6 Å². The van der Waals surface area contributed by atoms with Crippen LogP contribution in [0.1, 0.15) is 44.3 Å². The maximum atomic E-state index is 12.8. The third-order valence-corrected chi connectivity index (χ3v) is 9.34. The lowest BCUT2D eigenvalue weighted by atomic mass is 9.75. The number of aliphatic hydroxyl groups is 1. The molecule has 2 atom stereocenters. The molecule has 9 nitrogen and oxygen atoms in total. The number of aromatic nitrogens is 2. The number of aliphatic hydroxyl groups excluding tert-OH is 1. The third kappa shape index (κ3) is 3.80. The van der Waals surface area contributed by atoms with Crippen molar-refractivity contribution in [2.75, 3.05) is 32.4 Å². The highest BCUT2D eigenvalue weighted by Gasteiger charge is 2.50. The van der Waals surface area contributed by atoms with Gasteiger partial charge < -0.3 is 15.3 Å². The number of amides is 2. The fourth-order valence-electron chi connectivity index (χ4n) is 5.83. The number of hydrogen-bond donors (Lipinski definition) is 2. The zero-order chi connectivity index (χ0) is 23.5. The van der Waals surface area contributed by atoms with E-state index in [2.05, 4.69) is 10.4 Å². The lowest BCUT2D eigenvalue weighted by molar-refractivity contribution is -0.0118. The fraction of sp³-hybridized carbons (Fsp3) is 0.636. The molecule has 33 heavy (non-hydrogen) atoms. The second-order valence-electron chi connectivity index (χ2n) is 9.76. The zero-order valence-corrected chi connectivity index (χ0v) is 20.4. The first-order chi connectivity index (χ1) is 15.6. The summed E-state index contributed by atoms with van der Waals surface area (Å²) in [6, 6.07) is 3.59. The number of carbonyl (C=O) groups is 1. The van der Waals surface area contributed by atoms with Gasteiger partial charge in [-0.05, 0) is 50.7 Å². The standard InChI is InChI=1S/C22H30ClN5O4S/c1-22(20(29)18-12-16(23)11-14-13-24-28(22)19(14)18)15-3-7-26(8-4-15)21(30)25-17-5-9-27(10-6-17)33(2,31)32/h11-13,15,17,20,29H,3-10H2,1-2H3,(H,25,30). The Kier molecular flexibility index (Phi) is 5.63. The molecule has 2 saturated heterocycles. The molecule has 2 unspecified atom stereocenters. The topological polar surface area (TPSA) is 108 Å². The van der Waals surface area contributed by atoms with Crippen molar-refractivity contribution in [2.24, 2.45) is 5.92 Å². The number of benzene rings is 1. The molecule has 0 bridgehead atoms. The molecule has 180 valence electrons. The van der Waals surface area contributed by atoms with Gasteiger partial charge in [0.1, 0.15) is 6.10 Å². The summed E-state index contributed by atoms with van der Waals surface area (Å²) in [4.78, 5) is 14.7. The molecule has 2 aromatic rings. The zero-order valence-electron chi connectivity index (χ0n) is 18.9. The van der Waals surface area contributed by atoms with E-state index >= 15 is 0 Å². The number of urea groups is 1. The third-order valence-electron chi connectivity index (χ3n) is 7.82. The van der Waals surface area contributed by atoms with Crippen molar-refractivity contribution >= 4 is 38.6 Å². The van der Waals surface area contributed by atoms with Crippen LogP contribution in [0.25, 0.3) is 10.9 Å². The van der Waals surface area contributed by atoms with Gasteiger partial charge in [-0.2, -0.15) is 5.10 Å². The smallest absolute Gasteiger partial charge is 0.317 e. The first-order valence-corrected chi connectivity index (χ1v) is 13.7. The van der Waals surface area contributed by atoms with Crippen molar-refractivity contribution in [1.82, 2.24) is 24.3 Å². The summed E-state index contributed by atoms with van der Waals surface area (Å²) in [6.07, 6.45) is 5.08. The molecule has 2 amide bonds. The van der Waals surface area contributed by atoms with Crippen LogP contribution in [-0.2, 0) is 15.6 Å². The normalized spacial score (nSPS) is 27.4. The van der Waals surface area contributed by atoms with E-state index in [0.29, 0.717) is 44.0 Å². The van der Waals surface area contributed by atoms with E-state index in [4.69, 9.17) is 11.6 Å². The minimum atomic E-state index is -3.18. The Balaban J connectivity index is 1.21. The molecule has 0 aliphatic carbocycles. The Hall–Kier alpha value is -1.88. The molecule has 0 radical (unpaired) electrons. The van der Waals surface area contributed by atoms with Gasteiger partial charge in [0.25, 0.3) is 0 Å². The van der Waals surface area contributed by atoms with Crippen molar-refractivity contribution in [1.29, 1.82) is 0 Å². The molecule has 1 aromatic carbocycles. The fourth-order valence-corrected chi connectivity index (χ4v) is 6.94. The van der Waals surface area contributed by atoms with E-state index in [-0.39, 0.29) is 18.0 Å². The molecule has 3 aliphatic heterocycles. The van der Waals surface area contributed by atoms with Crippen LogP contribution in [0.3, 0.4) is 0 Å². The largest absolute Gasteiger partial charge is 0.386 e. The quantitative estimate of drug-likeness (QED) is 0.679. The monoisotopic (exact) mass is 495 g/mol. The molecule has 3 aliphatic rings. The van der Waals surface area contributed by atoms with Crippen molar-refractivity contribution in [3.63, 3.8) is 0 Å². The van der Waals surface area contributed by atoms with Crippen LogP contribution >= 0.6 is 11.6 Å². The molecular weight excluding hydrogens is 466 g/mol. The highest BCUT2D eigenvalue weighted by Crippen LogP contribution is 2.51. The number of nitrogens with one attached hydrogen (secondary N) is 1. The minimum absolute atomic E-state index is 0.0148. The average Bonchev–Trinajstić information content (AvgIpc) is 3.30. The number of halogens is 1. The Morgan fingerprint density at radius 3 is 2.48 bits per heavy atom. The number of hydrogen-bond acceptors (Lipinski definition) is 5. The van der Waals surface area contributed by atoms with E-state index in [1.54, 1.807) is 6.20 Å². The summed E-state index contributed by atoms with van der Waals surface area (Å²) in [5.74, 6) is 0.156. The van der Waals surface area contributed by atoms with Crippen molar-refractivity contribution in [3.8, 4) is 0 Å². The Bertz CT molecular complexity index is 1180. The van der Waals surface area contributed by atoms with Gasteiger partial charge in [-0.25, -0.2) is 17.5 Å². The summed E-state index contributed by atoms with van der Waals surface area (Å²) in [5, 5.41) is 20.5. The van der Waals surface area contributed by atoms with Gasteiger partial charge in [0, 0.05) is 48.2 Å². The Labute approximate surface area is 198 Å². The second-order valence-corrected chi connectivity index (χ2v) is 12.2. The number of likely N-dealkylation sites (tertiary alicyclic amines) is 1. The number of piperidine rings is 2. The predicted molar refractivity (Wildman–Crippen MR) is 126 cm³/mol. The average molecular weight is 496 g/mol. The van der Waals surface area contributed by atoms with Gasteiger partial charge in [-0.15, -0.1) is 0 Å². The lowest BCUT2D eigenvalue weighted by Crippen LogP contribution is -2.53. The first kappa shape index (κ1) is 22.9. The van der Waals surface area contributed by atoms with E-state index < -0.39 is 21.7 Å². The maximum absolute atomic E-state index is 12.8. The second kappa shape index (κ2) is 8.11. The molecule has 4 heterocycles. The van der Waals surface area contributed by atoms with Crippen molar-refractivity contribution < 1.29 is 18.3 Å². The molecule has 2 N–H and O–H groups in total. The van der Waals surface area contributed by atoms with Gasteiger partial charge in [0.05, 0.1) is 23.5 Å². The van der Waals surface area contributed by atoms with Gasteiger partial charge in [-0.1, -0.05) is 11.6 Å². The summed E-state index contributed by atoms with van der Waals surface area (Å²) in [6.45, 7) is 4.12. The highest BCUT2D eigenvalue weighted by molar-refractivity contribution is 7.88. The van der Waals surface area contributed by atoms with Crippen molar-refractivity contribution in [2.45, 2.75) is 50.3 Å². The Morgan fingerprint density at radius 1 is 1.18 bits per heavy atom. The predicted octanol–water partition coefficient (Wildman–Crippen LogP) is 2.30. The number of rotatable bonds is 3. The summed E-state index contributed by atoms with van der Waals surface area (Å²) in [7, 11) is -3.18. The number of nitrogens with zero attached hydrogens (tertiary/aromatic N) is 4. The van der Waals surface area contributed by atoms with Gasteiger partial charge in [0.15, 0.2) is 0 Å². The molecule has 0 saturated carbocycles. The maximum Gasteiger partial charge on any atom is 0.317 e. The van der Waals surface area contributed by atoms with Crippen LogP contribution in [0.5, 0.6) is 0 Å². The van der Waals surface area contributed by atoms with E-state index in [0.717, 1.165) is 29.3 Å². The van der Waals surface area contributed by atoms with Crippen LogP contribution in [-0.4, -0.2) is 77.0 Å². The van der Waals surface area contributed by atoms with E-state index in [1.165, 1.54) is 10.6 Å². The van der Waals surface area contributed by atoms with Crippen LogP contribution in [0.2, 0.25) is 5.02 Å². The van der Waals surface area contributed by atoms with Crippen LogP contribution in [0, 0.1) is 5.92 Å². The molecule has 5 rings (SSSR count). The molecule has 1 aromatic heterocycles.